The number of carbonyl (C=O) groups is 1. The van der Waals surface area contributed by atoms with Crippen molar-refractivity contribution in [3.8, 4) is 0 Å². The second-order valence-electron chi connectivity index (χ2n) is 7.09. The second-order valence-corrected chi connectivity index (χ2v) is 7.09. The molecule has 1 amide bonds. The van der Waals surface area contributed by atoms with Crippen molar-refractivity contribution in [1.82, 2.24) is 15.5 Å². The smallest absolute Gasteiger partial charge is 0.238 e. The first-order valence-corrected chi connectivity index (χ1v) is 9.24. The zero-order valence-corrected chi connectivity index (χ0v) is 16.1. The number of fused-ring (bicyclic) bond motifs is 1. The number of hydrogen-bond acceptors (Lipinski definition) is 4. The highest BCUT2D eigenvalue weighted by atomic mass is 16.3. The van der Waals surface area contributed by atoms with E-state index < -0.39 is 0 Å². The van der Waals surface area contributed by atoms with Crippen LogP contribution in [0.25, 0.3) is 11.0 Å². The highest BCUT2D eigenvalue weighted by molar-refractivity contribution is 5.82. The second kappa shape index (κ2) is 8.84. The summed E-state index contributed by atoms with van der Waals surface area (Å²) in [4.78, 5) is 14.8. The standard InChI is InChI=1S/C22H27N3O2/c1-16(17-9-5-4-6-10-17)24-22(26)20(15-25(2)3)23-14-19-13-18-11-7-8-12-21(18)27-19/h4-13,16,20,23H,14-15H2,1-3H3,(H,24,26)/t16?,20-/m0/s1. The lowest BCUT2D eigenvalue weighted by molar-refractivity contribution is -0.124. The van der Waals surface area contributed by atoms with Crippen LogP contribution in [-0.2, 0) is 11.3 Å². The van der Waals surface area contributed by atoms with Crippen molar-refractivity contribution in [2.24, 2.45) is 0 Å². The van der Waals surface area contributed by atoms with Gasteiger partial charge in [-0.1, -0.05) is 48.5 Å². The molecule has 0 saturated heterocycles. The van der Waals surface area contributed by atoms with Gasteiger partial charge in [-0.3, -0.25) is 10.1 Å². The predicted molar refractivity (Wildman–Crippen MR) is 108 cm³/mol. The summed E-state index contributed by atoms with van der Waals surface area (Å²) in [6, 6.07) is 19.5. The summed E-state index contributed by atoms with van der Waals surface area (Å²) < 4.78 is 5.85. The van der Waals surface area contributed by atoms with Gasteiger partial charge in [-0.2, -0.15) is 0 Å². The Kier molecular flexibility index (Phi) is 6.27. The SMILES string of the molecule is CC(NC(=O)[C@H](CN(C)C)NCc1cc2ccccc2o1)c1ccccc1. The molecule has 1 unspecified atom stereocenters. The molecule has 1 aromatic heterocycles. The minimum absolute atomic E-state index is 0.0174. The van der Waals surface area contributed by atoms with Crippen LogP contribution in [0.2, 0.25) is 0 Å². The van der Waals surface area contributed by atoms with E-state index in [0.29, 0.717) is 13.1 Å². The average molecular weight is 365 g/mol. The van der Waals surface area contributed by atoms with Crippen molar-refractivity contribution in [3.05, 3.63) is 72.0 Å². The zero-order chi connectivity index (χ0) is 19.2. The number of nitrogens with zero attached hydrogens (tertiary/aromatic N) is 1. The summed E-state index contributed by atoms with van der Waals surface area (Å²) in [5, 5.41) is 7.51. The van der Waals surface area contributed by atoms with Gasteiger partial charge in [0, 0.05) is 11.9 Å². The van der Waals surface area contributed by atoms with E-state index in [0.717, 1.165) is 22.3 Å². The van der Waals surface area contributed by atoms with Gasteiger partial charge < -0.3 is 14.6 Å². The third-order valence-electron chi connectivity index (χ3n) is 4.52. The van der Waals surface area contributed by atoms with Crippen molar-refractivity contribution in [2.75, 3.05) is 20.6 Å². The highest BCUT2D eigenvalue weighted by Gasteiger charge is 2.21. The number of likely N-dealkylation sites (N-methyl/N-ethyl adjacent to an activating group) is 1. The summed E-state index contributed by atoms with van der Waals surface area (Å²) in [5.74, 6) is 0.806. The van der Waals surface area contributed by atoms with E-state index in [2.05, 4.69) is 10.6 Å². The van der Waals surface area contributed by atoms with E-state index in [1.807, 2.05) is 86.6 Å². The van der Waals surface area contributed by atoms with Crippen LogP contribution < -0.4 is 10.6 Å². The predicted octanol–water partition coefficient (Wildman–Crippen LogP) is 3.33. The summed E-state index contributed by atoms with van der Waals surface area (Å²) in [7, 11) is 3.92. The maximum Gasteiger partial charge on any atom is 0.238 e. The van der Waals surface area contributed by atoms with E-state index in [1.165, 1.54) is 0 Å². The van der Waals surface area contributed by atoms with Crippen LogP contribution in [0.15, 0.2) is 65.1 Å². The van der Waals surface area contributed by atoms with Crippen LogP contribution in [0.5, 0.6) is 0 Å². The summed E-state index contributed by atoms with van der Waals surface area (Å²) in [5.41, 5.74) is 1.95. The lowest BCUT2D eigenvalue weighted by Crippen LogP contribution is -2.49. The van der Waals surface area contributed by atoms with Crippen LogP contribution in [0.3, 0.4) is 0 Å². The number of para-hydroxylation sites is 1. The van der Waals surface area contributed by atoms with Gasteiger partial charge in [-0.05, 0) is 38.7 Å². The van der Waals surface area contributed by atoms with Gasteiger partial charge in [0.15, 0.2) is 0 Å². The molecule has 0 aliphatic heterocycles. The van der Waals surface area contributed by atoms with Crippen LogP contribution in [0, 0.1) is 0 Å². The van der Waals surface area contributed by atoms with Crippen molar-refractivity contribution in [2.45, 2.75) is 25.6 Å². The molecular formula is C22H27N3O2. The molecule has 2 aromatic carbocycles. The van der Waals surface area contributed by atoms with Crippen molar-refractivity contribution < 1.29 is 9.21 Å². The molecule has 142 valence electrons. The number of furan rings is 1. The molecule has 0 aliphatic carbocycles. The molecular weight excluding hydrogens is 338 g/mol. The van der Waals surface area contributed by atoms with Gasteiger partial charge in [-0.15, -0.1) is 0 Å². The lowest BCUT2D eigenvalue weighted by atomic mass is 10.1. The zero-order valence-electron chi connectivity index (χ0n) is 16.1. The normalized spacial score (nSPS) is 13.6. The van der Waals surface area contributed by atoms with E-state index >= 15 is 0 Å². The molecule has 3 aromatic rings. The van der Waals surface area contributed by atoms with Gasteiger partial charge >= 0.3 is 0 Å². The Morgan fingerprint density at radius 3 is 2.48 bits per heavy atom. The van der Waals surface area contributed by atoms with E-state index in [9.17, 15) is 4.79 Å². The Morgan fingerprint density at radius 1 is 1.07 bits per heavy atom. The Hall–Kier alpha value is -2.63. The Bertz CT molecular complexity index is 840. The van der Waals surface area contributed by atoms with Crippen LogP contribution in [0.1, 0.15) is 24.3 Å². The molecule has 0 spiro atoms. The fraction of sp³-hybridized carbons (Fsp3) is 0.318. The Morgan fingerprint density at radius 2 is 1.78 bits per heavy atom. The van der Waals surface area contributed by atoms with Crippen LogP contribution >= 0.6 is 0 Å². The quantitative estimate of drug-likeness (QED) is 0.643. The third-order valence-corrected chi connectivity index (χ3v) is 4.52. The summed E-state index contributed by atoms with van der Waals surface area (Å²) in [6.07, 6.45) is 0. The molecule has 2 N–H and O–H groups in total. The van der Waals surface area contributed by atoms with Gasteiger partial charge in [-0.25, -0.2) is 0 Å². The van der Waals surface area contributed by atoms with E-state index in [4.69, 9.17) is 4.42 Å². The minimum atomic E-state index is -0.334. The third kappa shape index (κ3) is 5.18. The Balaban J connectivity index is 1.64. The van der Waals surface area contributed by atoms with Crippen LogP contribution in [-0.4, -0.2) is 37.5 Å². The van der Waals surface area contributed by atoms with Gasteiger partial charge in [0.2, 0.25) is 5.91 Å². The summed E-state index contributed by atoms with van der Waals surface area (Å²) >= 11 is 0. The lowest BCUT2D eigenvalue weighted by Gasteiger charge is -2.24. The largest absolute Gasteiger partial charge is 0.460 e. The number of hydrogen-bond donors (Lipinski definition) is 2. The van der Waals surface area contributed by atoms with E-state index in [1.54, 1.807) is 0 Å². The molecule has 27 heavy (non-hydrogen) atoms. The molecule has 2 atom stereocenters. The molecule has 3 rings (SSSR count). The number of benzene rings is 2. The maximum atomic E-state index is 12.8. The molecule has 5 heteroatoms. The first kappa shape index (κ1) is 19.1. The molecule has 0 fully saturated rings. The van der Waals surface area contributed by atoms with Crippen LogP contribution in [0.4, 0.5) is 0 Å². The molecule has 0 aliphatic rings. The first-order valence-electron chi connectivity index (χ1n) is 9.24. The molecule has 1 heterocycles. The number of rotatable bonds is 8. The number of nitrogens with one attached hydrogen (secondary N) is 2. The van der Waals surface area contributed by atoms with Gasteiger partial charge in [0.25, 0.3) is 0 Å². The fourth-order valence-electron chi connectivity index (χ4n) is 3.09. The van der Waals surface area contributed by atoms with E-state index in [-0.39, 0.29) is 18.0 Å². The van der Waals surface area contributed by atoms with Crippen molar-refractivity contribution in [3.63, 3.8) is 0 Å². The molecule has 5 nitrogen and oxygen atoms in total. The molecule has 0 saturated carbocycles. The fourth-order valence-corrected chi connectivity index (χ4v) is 3.09. The monoisotopic (exact) mass is 365 g/mol. The van der Waals surface area contributed by atoms with Gasteiger partial charge in [0.05, 0.1) is 18.6 Å². The minimum Gasteiger partial charge on any atom is -0.460 e. The number of amides is 1. The molecule has 0 radical (unpaired) electrons. The Labute approximate surface area is 160 Å². The first-order chi connectivity index (χ1) is 13.0. The molecule has 0 bridgehead atoms. The topological polar surface area (TPSA) is 57.5 Å². The average Bonchev–Trinajstić information content (AvgIpc) is 3.08. The van der Waals surface area contributed by atoms with Gasteiger partial charge in [0.1, 0.15) is 11.3 Å². The number of carbonyl (C=O) groups excluding carboxylic acids is 1. The maximum absolute atomic E-state index is 12.8. The summed E-state index contributed by atoms with van der Waals surface area (Å²) in [6.45, 7) is 3.10. The van der Waals surface area contributed by atoms with Crippen molar-refractivity contribution in [1.29, 1.82) is 0 Å². The highest BCUT2D eigenvalue weighted by Crippen LogP contribution is 2.18. The van der Waals surface area contributed by atoms with Crippen molar-refractivity contribution >= 4 is 16.9 Å².